The summed E-state index contributed by atoms with van der Waals surface area (Å²) in [4.78, 5) is 48.8. The van der Waals surface area contributed by atoms with E-state index in [2.05, 4.69) is 5.32 Å². The van der Waals surface area contributed by atoms with Crippen LogP contribution in [0.25, 0.3) is 0 Å². The lowest BCUT2D eigenvalue weighted by Crippen LogP contribution is -2.21. The summed E-state index contributed by atoms with van der Waals surface area (Å²) in [5.74, 6) is -1.09. The van der Waals surface area contributed by atoms with Crippen LogP contribution in [0.3, 0.4) is 0 Å². The molecule has 0 atom stereocenters. The second-order valence-corrected chi connectivity index (χ2v) is 6.79. The predicted octanol–water partition coefficient (Wildman–Crippen LogP) is 4.02. The number of carbonyl (C=O) groups excluding carboxylic acids is 3. The van der Waals surface area contributed by atoms with Crippen LogP contribution in [0.1, 0.15) is 49.1 Å². The number of ketones is 2. The first kappa shape index (κ1) is 20.0. The van der Waals surface area contributed by atoms with Crippen LogP contribution in [0, 0.1) is 10.1 Å². The number of carbonyl (C=O) groups is 3. The molecular weight excluding hydrogens is 400 g/mol. The normalized spacial score (nSPS) is 12.0. The molecule has 8 heteroatoms. The van der Waals surface area contributed by atoms with Gasteiger partial charge in [0.25, 0.3) is 5.91 Å². The molecule has 4 rings (SSSR count). The molecule has 8 nitrogen and oxygen atoms in total. The summed E-state index contributed by atoms with van der Waals surface area (Å²) < 4.78 is 5.22. The SMILES string of the molecule is CCOc1ccc(C(=O)Nc2ccc3c(c2)C(=O)c2ccccc2C3=O)cc1[N+](=O)[O-]. The van der Waals surface area contributed by atoms with Crippen LogP contribution in [-0.4, -0.2) is 29.0 Å². The van der Waals surface area contributed by atoms with E-state index in [1.54, 1.807) is 31.2 Å². The highest BCUT2D eigenvalue weighted by molar-refractivity contribution is 6.28. The van der Waals surface area contributed by atoms with Gasteiger partial charge in [-0.25, -0.2) is 0 Å². The second kappa shape index (κ2) is 7.83. The zero-order valence-electron chi connectivity index (χ0n) is 16.4. The lowest BCUT2D eigenvalue weighted by atomic mass is 9.84. The Kier molecular flexibility index (Phi) is 5.04. The highest BCUT2D eigenvalue weighted by atomic mass is 16.6. The number of benzene rings is 3. The van der Waals surface area contributed by atoms with Gasteiger partial charge in [0.1, 0.15) is 0 Å². The third-order valence-corrected chi connectivity index (χ3v) is 4.90. The van der Waals surface area contributed by atoms with Crippen LogP contribution in [0.5, 0.6) is 5.75 Å². The number of anilines is 1. The molecule has 0 saturated carbocycles. The molecule has 0 spiro atoms. The average Bonchev–Trinajstić information content (AvgIpc) is 2.77. The number of nitrogens with one attached hydrogen (secondary N) is 1. The molecule has 31 heavy (non-hydrogen) atoms. The van der Waals surface area contributed by atoms with Crippen molar-refractivity contribution < 1.29 is 24.0 Å². The zero-order valence-corrected chi connectivity index (χ0v) is 16.4. The van der Waals surface area contributed by atoms with Crippen molar-refractivity contribution in [2.24, 2.45) is 0 Å². The fraction of sp³-hybridized carbons (Fsp3) is 0.0870. The van der Waals surface area contributed by atoms with E-state index < -0.39 is 10.8 Å². The van der Waals surface area contributed by atoms with Gasteiger partial charge in [0.05, 0.1) is 11.5 Å². The largest absolute Gasteiger partial charge is 0.487 e. The summed E-state index contributed by atoms with van der Waals surface area (Å²) in [6, 6.07) is 14.9. The van der Waals surface area contributed by atoms with E-state index in [1.165, 1.54) is 30.3 Å². The standard InChI is InChI=1S/C23H16N2O6/c1-2-31-20-10-7-13(11-19(20)25(29)30)23(28)24-14-8-9-17-18(12-14)22(27)16-6-4-3-5-15(16)21(17)26/h3-12H,2H2,1H3,(H,24,28). The molecule has 0 bridgehead atoms. The number of fused-ring (bicyclic) bond motifs is 2. The number of amides is 1. The Morgan fingerprint density at radius 2 is 1.58 bits per heavy atom. The molecule has 1 aliphatic rings. The van der Waals surface area contributed by atoms with Gasteiger partial charge in [-0.05, 0) is 37.3 Å². The van der Waals surface area contributed by atoms with Crippen LogP contribution >= 0.6 is 0 Å². The minimum Gasteiger partial charge on any atom is -0.487 e. The number of rotatable bonds is 5. The van der Waals surface area contributed by atoms with E-state index in [9.17, 15) is 24.5 Å². The maximum atomic E-state index is 12.8. The first-order valence-electron chi connectivity index (χ1n) is 9.45. The molecule has 3 aromatic carbocycles. The van der Waals surface area contributed by atoms with E-state index in [4.69, 9.17) is 4.74 Å². The number of nitro groups is 1. The number of hydrogen-bond acceptors (Lipinski definition) is 6. The van der Waals surface area contributed by atoms with Crippen molar-refractivity contribution >= 4 is 28.8 Å². The van der Waals surface area contributed by atoms with Crippen molar-refractivity contribution in [2.45, 2.75) is 6.92 Å². The van der Waals surface area contributed by atoms with Gasteiger partial charge in [-0.2, -0.15) is 0 Å². The summed E-state index contributed by atoms with van der Waals surface area (Å²) in [5.41, 5.74) is 1.14. The van der Waals surface area contributed by atoms with Crippen LogP contribution < -0.4 is 10.1 Å². The smallest absolute Gasteiger partial charge is 0.311 e. The number of ether oxygens (including phenoxy) is 1. The van der Waals surface area contributed by atoms with Gasteiger partial charge < -0.3 is 10.1 Å². The first-order chi connectivity index (χ1) is 14.9. The Bertz CT molecular complexity index is 1260. The van der Waals surface area contributed by atoms with Crippen LogP contribution in [-0.2, 0) is 0 Å². The molecule has 1 aliphatic carbocycles. The molecular formula is C23H16N2O6. The summed E-state index contributed by atoms with van der Waals surface area (Å²) in [7, 11) is 0. The summed E-state index contributed by atoms with van der Waals surface area (Å²) in [6.45, 7) is 1.95. The molecule has 3 aromatic rings. The second-order valence-electron chi connectivity index (χ2n) is 6.79. The Morgan fingerprint density at radius 3 is 2.23 bits per heavy atom. The summed E-state index contributed by atoms with van der Waals surface area (Å²) >= 11 is 0. The highest BCUT2D eigenvalue weighted by Gasteiger charge is 2.29. The average molecular weight is 416 g/mol. The third kappa shape index (κ3) is 3.55. The Morgan fingerprint density at radius 1 is 0.935 bits per heavy atom. The van der Waals surface area contributed by atoms with Gasteiger partial charge in [0, 0.05) is 39.6 Å². The minimum absolute atomic E-state index is 0.0561. The van der Waals surface area contributed by atoms with E-state index in [0.29, 0.717) is 16.8 Å². The van der Waals surface area contributed by atoms with Crippen molar-refractivity contribution in [1.29, 1.82) is 0 Å². The lowest BCUT2D eigenvalue weighted by molar-refractivity contribution is -0.385. The number of nitro benzene ring substituents is 1. The molecule has 0 radical (unpaired) electrons. The van der Waals surface area contributed by atoms with E-state index in [1.807, 2.05) is 0 Å². The van der Waals surface area contributed by atoms with Crippen molar-refractivity contribution in [1.82, 2.24) is 0 Å². The molecule has 0 aliphatic heterocycles. The number of hydrogen-bond donors (Lipinski definition) is 1. The van der Waals surface area contributed by atoms with Gasteiger partial charge >= 0.3 is 5.69 Å². The molecule has 154 valence electrons. The molecule has 0 heterocycles. The van der Waals surface area contributed by atoms with E-state index in [-0.39, 0.29) is 46.3 Å². The Balaban J connectivity index is 1.63. The van der Waals surface area contributed by atoms with Gasteiger partial charge in [0.2, 0.25) is 0 Å². The molecule has 1 amide bonds. The van der Waals surface area contributed by atoms with Crippen molar-refractivity contribution in [3.63, 3.8) is 0 Å². The zero-order chi connectivity index (χ0) is 22.1. The van der Waals surface area contributed by atoms with E-state index >= 15 is 0 Å². The lowest BCUT2D eigenvalue weighted by Gasteiger charge is -2.18. The van der Waals surface area contributed by atoms with Crippen LogP contribution in [0.2, 0.25) is 0 Å². The van der Waals surface area contributed by atoms with Gasteiger partial charge in [0.15, 0.2) is 17.3 Å². The van der Waals surface area contributed by atoms with Gasteiger partial charge in [-0.15, -0.1) is 0 Å². The third-order valence-electron chi connectivity index (χ3n) is 4.90. The highest BCUT2D eigenvalue weighted by Crippen LogP contribution is 2.30. The van der Waals surface area contributed by atoms with Gasteiger partial charge in [-0.3, -0.25) is 24.5 Å². The van der Waals surface area contributed by atoms with Crippen molar-refractivity contribution in [3.8, 4) is 5.75 Å². The van der Waals surface area contributed by atoms with Crippen molar-refractivity contribution in [2.75, 3.05) is 11.9 Å². The minimum atomic E-state index is -0.623. The molecule has 0 unspecified atom stereocenters. The van der Waals surface area contributed by atoms with E-state index in [0.717, 1.165) is 6.07 Å². The van der Waals surface area contributed by atoms with Crippen LogP contribution in [0.4, 0.5) is 11.4 Å². The maximum absolute atomic E-state index is 12.8. The molecule has 0 aromatic heterocycles. The summed E-state index contributed by atoms with van der Waals surface area (Å²) in [6.07, 6.45) is 0. The first-order valence-corrected chi connectivity index (χ1v) is 9.45. The monoisotopic (exact) mass is 416 g/mol. The topological polar surface area (TPSA) is 116 Å². The maximum Gasteiger partial charge on any atom is 0.311 e. The molecule has 0 fully saturated rings. The fourth-order valence-electron chi connectivity index (χ4n) is 3.46. The quantitative estimate of drug-likeness (QED) is 0.388. The predicted molar refractivity (Wildman–Crippen MR) is 112 cm³/mol. The summed E-state index contributed by atoms with van der Waals surface area (Å²) in [5, 5.41) is 13.9. The molecule has 1 N–H and O–H groups in total. The molecule has 0 saturated heterocycles. The van der Waals surface area contributed by atoms with Crippen LogP contribution in [0.15, 0.2) is 60.7 Å². The van der Waals surface area contributed by atoms with Gasteiger partial charge in [-0.1, -0.05) is 24.3 Å². The van der Waals surface area contributed by atoms with Crippen molar-refractivity contribution in [3.05, 3.63) is 98.6 Å². The fourth-order valence-corrected chi connectivity index (χ4v) is 3.46. The Labute approximate surface area is 176 Å². The number of nitrogens with zero attached hydrogens (tertiary/aromatic N) is 1. The Hall–Kier alpha value is -4.33.